The summed E-state index contributed by atoms with van der Waals surface area (Å²) in [4.78, 5) is 10.6. The predicted octanol–water partition coefficient (Wildman–Crippen LogP) is 0.0452. The molecule has 0 saturated heterocycles. The number of ketones is 1. The Bertz CT molecular complexity index is 200. The quantitative estimate of drug-likeness (QED) is 0.352. The van der Waals surface area contributed by atoms with E-state index >= 15 is 0 Å². The molecule has 0 atom stereocenters. The third-order valence-electron chi connectivity index (χ3n) is 1.06. The van der Waals surface area contributed by atoms with Gasteiger partial charge in [-0.05, 0) is 19.1 Å². The van der Waals surface area contributed by atoms with Gasteiger partial charge in [-0.25, -0.2) is 0 Å². The van der Waals surface area contributed by atoms with E-state index in [1.54, 1.807) is 14.0 Å². The van der Waals surface area contributed by atoms with Crippen LogP contribution in [0.3, 0.4) is 0 Å². The van der Waals surface area contributed by atoms with E-state index in [0.717, 1.165) is 0 Å². The molecule has 2 N–H and O–H groups in total. The Kier molecular flexibility index (Phi) is 4.36. The summed E-state index contributed by atoms with van der Waals surface area (Å²) in [7, 11) is 1.67. The minimum atomic E-state index is -0.0728. The summed E-state index contributed by atoms with van der Waals surface area (Å²) in [5.74, 6) is -0.0728. The molecule has 0 rings (SSSR count). The summed E-state index contributed by atoms with van der Waals surface area (Å²) < 4.78 is 0. The van der Waals surface area contributed by atoms with Crippen molar-refractivity contribution in [2.24, 2.45) is 5.10 Å². The van der Waals surface area contributed by atoms with Gasteiger partial charge < -0.3 is 5.32 Å². The van der Waals surface area contributed by atoms with Crippen molar-refractivity contribution in [3.8, 4) is 0 Å². The average molecular weight is 173 g/mol. The lowest BCUT2D eigenvalue weighted by Crippen LogP contribution is -2.29. The number of hydrogen-bond donors (Lipinski definition) is 2. The fourth-order valence-electron chi connectivity index (χ4n) is 0.269. The summed E-state index contributed by atoms with van der Waals surface area (Å²) in [5.41, 5.74) is 2.91. The molecule has 0 saturated carbocycles. The first-order valence-corrected chi connectivity index (χ1v) is 3.51. The molecule has 11 heavy (non-hydrogen) atoms. The van der Waals surface area contributed by atoms with E-state index in [9.17, 15) is 4.79 Å². The van der Waals surface area contributed by atoms with E-state index in [2.05, 4.69) is 15.8 Å². The molecular formula is C6H11N3OS. The molecule has 0 aromatic rings. The van der Waals surface area contributed by atoms with Gasteiger partial charge in [-0.1, -0.05) is 0 Å². The highest BCUT2D eigenvalue weighted by Crippen LogP contribution is 1.76. The predicted molar refractivity (Wildman–Crippen MR) is 48.6 cm³/mol. The van der Waals surface area contributed by atoms with Crippen molar-refractivity contribution in [1.82, 2.24) is 10.7 Å². The maximum Gasteiger partial charge on any atom is 0.186 e. The number of Topliss-reactive ketones (excluding diaryl/α,β-unsaturated/α-hetero) is 1. The van der Waals surface area contributed by atoms with E-state index in [1.165, 1.54) is 6.92 Å². The summed E-state index contributed by atoms with van der Waals surface area (Å²) >= 11 is 4.72. The largest absolute Gasteiger partial charge is 0.364 e. The first-order valence-electron chi connectivity index (χ1n) is 3.11. The zero-order valence-corrected chi connectivity index (χ0v) is 7.58. The highest BCUT2D eigenvalue weighted by atomic mass is 32.1. The smallest absolute Gasteiger partial charge is 0.186 e. The number of nitrogens with one attached hydrogen (secondary N) is 2. The Hall–Kier alpha value is -0.970. The maximum atomic E-state index is 10.6. The van der Waals surface area contributed by atoms with E-state index < -0.39 is 0 Å². The van der Waals surface area contributed by atoms with Gasteiger partial charge in [0.15, 0.2) is 10.9 Å². The standard InChI is InChI=1S/C6H11N3OS/c1-4(5(2)10)8-9-6(11)7-3/h1-3H3,(H2,7,9,11)/b8-4-. The molecule has 0 aliphatic carbocycles. The van der Waals surface area contributed by atoms with Crippen LogP contribution < -0.4 is 10.7 Å². The van der Waals surface area contributed by atoms with Crippen LogP contribution in [-0.4, -0.2) is 23.7 Å². The van der Waals surface area contributed by atoms with Crippen LogP contribution in [0.15, 0.2) is 5.10 Å². The molecule has 0 unspecified atom stereocenters. The summed E-state index contributed by atoms with van der Waals surface area (Å²) in [5, 5.41) is 6.76. The van der Waals surface area contributed by atoms with E-state index in [-0.39, 0.29) is 5.78 Å². The first kappa shape index (κ1) is 10.0. The normalized spacial score (nSPS) is 10.6. The second kappa shape index (κ2) is 4.79. The molecule has 4 nitrogen and oxygen atoms in total. The lowest BCUT2D eigenvalue weighted by atomic mass is 10.3. The van der Waals surface area contributed by atoms with Crippen molar-refractivity contribution in [2.45, 2.75) is 13.8 Å². The minimum Gasteiger partial charge on any atom is -0.364 e. The minimum absolute atomic E-state index is 0.0728. The van der Waals surface area contributed by atoms with Gasteiger partial charge >= 0.3 is 0 Å². The fraction of sp³-hybridized carbons (Fsp3) is 0.500. The van der Waals surface area contributed by atoms with Crippen LogP contribution >= 0.6 is 12.2 Å². The van der Waals surface area contributed by atoms with Gasteiger partial charge in [0.05, 0.1) is 0 Å². The Balaban J connectivity index is 3.92. The second-order valence-corrected chi connectivity index (χ2v) is 2.35. The van der Waals surface area contributed by atoms with E-state index in [4.69, 9.17) is 12.2 Å². The maximum absolute atomic E-state index is 10.6. The molecule has 0 aromatic carbocycles. The molecule has 5 heteroatoms. The van der Waals surface area contributed by atoms with E-state index in [1.807, 2.05) is 0 Å². The number of thiocarbonyl (C=S) groups is 1. The molecule has 0 aliphatic rings. The number of carbonyl (C=O) groups is 1. The molecule has 0 heterocycles. The van der Waals surface area contributed by atoms with Crippen LogP contribution in [0.4, 0.5) is 0 Å². The van der Waals surface area contributed by atoms with Crippen molar-refractivity contribution in [1.29, 1.82) is 0 Å². The zero-order chi connectivity index (χ0) is 8.85. The van der Waals surface area contributed by atoms with Crippen molar-refractivity contribution in [3.05, 3.63) is 0 Å². The molecule has 0 bridgehead atoms. The van der Waals surface area contributed by atoms with Crippen molar-refractivity contribution in [2.75, 3.05) is 7.05 Å². The van der Waals surface area contributed by atoms with Gasteiger partial charge in [-0.2, -0.15) is 5.10 Å². The average Bonchev–Trinajstić information content (AvgIpc) is 1.99. The Morgan fingerprint density at radius 3 is 2.36 bits per heavy atom. The molecule has 0 spiro atoms. The van der Waals surface area contributed by atoms with Crippen molar-refractivity contribution < 1.29 is 4.79 Å². The van der Waals surface area contributed by atoms with Gasteiger partial charge in [0.25, 0.3) is 0 Å². The van der Waals surface area contributed by atoms with Crippen molar-refractivity contribution >= 4 is 28.8 Å². The SMILES string of the molecule is CNC(=S)N/N=C(/C)C(C)=O. The molecule has 62 valence electrons. The van der Waals surface area contributed by atoms with Crippen LogP contribution in [0.1, 0.15) is 13.8 Å². The third-order valence-corrected chi connectivity index (χ3v) is 1.36. The van der Waals surface area contributed by atoms with Crippen LogP contribution in [0.2, 0.25) is 0 Å². The number of rotatable bonds is 2. The molecule has 0 radical (unpaired) electrons. The zero-order valence-electron chi connectivity index (χ0n) is 6.76. The number of nitrogens with zero attached hydrogens (tertiary/aromatic N) is 1. The van der Waals surface area contributed by atoms with Crippen LogP contribution in [0, 0.1) is 0 Å². The number of hydrogen-bond acceptors (Lipinski definition) is 3. The van der Waals surface area contributed by atoms with Gasteiger partial charge in [-0.3, -0.25) is 10.2 Å². The molecule has 0 aliphatic heterocycles. The van der Waals surface area contributed by atoms with E-state index in [0.29, 0.717) is 10.8 Å². The topological polar surface area (TPSA) is 53.5 Å². The van der Waals surface area contributed by atoms with Gasteiger partial charge in [-0.15, -0.1) is 0 Å². The monoisotopic (exact) mass is 173 g/mol. The number of hydrazone groups is 1. The van der Waals surface area contributed by atoms with Gasteiger partial charge in [0.1, 0.15) is 5.71 Å². The number of carbonyl (C=O) groups excluding carboxylic acids is 1. The first-order chi connectivity index (χ1) is 5.07. The second-order valence-electron chi connectivity index (χ2n) is 1.94. The Morgan fingerprint density at radius 2 is 2.00 bits per heavy atom. The Labute approximate surface area is 71.0 Å². The fourth-order valence-corrected chi connectivity index (χ4v) is 0.315. The highest BCUT2D eigenvalue weighted by Gasteiger charge is 1.96. The van der Waals surface area contributed by atoms with Crippen LogP contribution in [-0.2, 0) is 4.79 Å². The van der Waals surface area contributed by atoms with Gasteiger partial charge in [0.2, 0.25) is 0 Å². The molecular weight excluding hydrogens is 162 g/mol. The Morgan fingerprint density at radius 1 is 1.45 bits per heavy atom. The molecule has 0 fully saturated rings. The van der Waals surface area contributed by atoms with Crippen LogP contribution in [0.25, 0.3) is 0 Å². The summed E-state index contributed by atoms with van der Waals surface area (Å²) in [6.45, 7) is 3.07. The van der Waals surface area contributed by atoms with Crippen molar-refractivity contribution in [3.63, 3.8) is 0 Å². The summed E-state index contributed by atoms with van der Waals surface area (Å²) in [6, 6.07) is 0. The highest BCUT2D eigenvalue weighted by molar-refractivity contribution is 7.80. The van der Waals surface area contributed by atoms with Crippen LogP contribution in [0.5, 0.6) is 0 Å². The third kappa shape index (κ3) is 4.44. The molecule has 0 aromatic heterocycles. The summed E-state index contributed by atoms with van der Waals surface area (Å²) in [6.07, 6.45) is 0. The molecule has 0 amide bonds. The van der Waals surface area contributed by atoms with Gasteiger partial charge in [0, 0.05) is 14.0 Å². The lowest BCUT2D eigenvalue weighted by molar-refractivity contribution is -0.111. The lowest BCUT2D eigenvalue weighted by Gasteiger charge is -2.00.